The highest BCUT2D eigenvalue weighted by Crippen LogP contribution is 2.16. The van der Waals surface area contributed by atoms with Crippen LogP contribution in [0, 0.1) is 27.7 Å². The average molecular weight is 393 g/mol. The predicted molar refractivity (Wildman–Crippen MR) is 114 cm³/mol. The van der Waals surface area contributed by atoms with Crippen LogP contribution in [0.1, 0.15) is 34.5 Å². The molecular weight excluding hydrogens is 366 g/mol. The van der Waals surface area contributed by atoms with E-state index in [1.165, 1.54) is 11.1 Å². The first-order chi connectivity index (χ1) is 13.9. The molecule has 7 heteroatoms. The van der Waals surface area contributed by atoms with Gasteiger partial charge in [0.15, 0.2) is 11.7 Å². The molecule has 0 aliphatic carbocycles. The Balaban J connectivity index is 1.46. The summed E-state index contributed by atoms with van der Waals surface area (Å²) in [6, 6.07) is 11.8. The number of oxime groups is 1. The topological polar surface area (TPSA) is 87.6 Å². The van der Waals surface area contributed by atoms with Crippen LogP contribution in [0.15, 0.2) is 47.8 Å². The molecule has 3 aromatic rings. The second-order valence-electron chi connectivity index (χ2n) is 7.00. The van der Waals surface area contributed by atoms with E-state index in [0.29, 0.717) is 25.2 Å². The van der Waals surface area contributed by atoms with Gasteiger partial charge < -0.3 is 15.3 Å². The normalized spacial score (nSPS) is 11.5. The molecule has 0 spiro atoms. The maximum atomic E-state index is 5.99. The lowest BCUT2D eigenvalue weighted by atomic mass is 10.1. The number of aromatic nitrogens is 3. The van der Waals surface area contributed by atoms with E-state index in [9.17, 15) is 0 Å². The van der Waals surface area contributed by atoms with Crippen molar-refractivity contribution in [3.63, 3.8) is 0 Å². The zero-order valence-electron chi connectivity index (χ0n) is 17.3. The molecule has 0 aliphatic heterocycles. The van der Waals surface area contributed by atoms with Crippen molar-refractivity contribution in [2.24, 2.45) is 10.9 Å². The highest BCUT2D eigenvalue weighted by molar-refractivity contribution is 5.96. The van der Waals surface area contributed by atoms with Gasteiger partial charge in [-0.05, 0) is 69.2 Å². The van der Waals surface area contributed by atoms with Crippen LogP contribution in [0.4, 0.5) is 0 Å². The summed E-state index contributed by atoms with van der Waals surface area (Å²) in [7, 11) is 0. The highest BCUT2D eigenvalue weighted by Gasteiger charge is 2.06. The van der Waals surface area contributed by atoms with Gasteiger partial charge in [-0.15, -0.1) is 0 Å². The molecule has 0 amide bonds. The van der Waals surface area contributed by atoms with Crippen LogP contribution in [0.5, 0.6) is 5.75 Å². The molecule has 0 saturated heterocycles. The fourth-order valence-electron chi connectivity index (χ4n) is 2.81. The Bertz CT molecular complexity index is 993. The maximum Gasteiger partial charge on any atom is 0.171 e. The van der Waals surface area contributed by atoms with Crippen molar-refractivity contribution in [2.45, 2.75) is 34.1 Å². The first kappa shape index (κ1) is 20.4. The van der Waals surface area contributed by atoms with Crippen LogP contribution in [0.25, 0.3) is 5.82 Å². The molecule has 2 heterocycles. The van der Waals surface area contributed by atoms with Crippen molar-refractivity contribution >= 4 is 5.84 Å². The van der Waals surface area contributed by atoms with E-state index in [1.807, 2.05) is 44.2 Å². The van der Waals surface area contributed by atoms with Crippen molar-refractivity contribution in [3.05, 3.63) is 70.7 Å². The Morgan fingerprint density at radius 2 is 1.86 bits per heavy atom. The molecular formula is C22H27N5O2. The van der Waals surface area contributed by atoms with Crippen molar-refractivity contribution in [3.8, 4) is 11.6 Å². The van der Waals surface area contributed by atoms with Crippen LogP contribution < -0.4 is 10.5 Å². The Labute approximate surface area is 171 Å². The second kappa shape index (κ2) is 9.23. The minimum Gasteiger partial charge on any atom is -0.493 e. The van der Waals surface area contributed by atoms with Gasteiger partial charge in [-0.2, -0.15) is 5.10 Å². The lowest BCUT2D eigenvalue weighted by Gasteiger charge is -2.08. The first-order valence-corrected chi connectivity index (χ1v) is 9.59. The van der Waals surface area contributed by atoms with Crippen LogP contribution in [0.2, 0.25) is 0 Å². The van der Waals surface area contributed by atoms with Crippen molar-refractivity contribution < 1.29 is 9.57 Å². The number of hydrogen-bond acceptors (Lipinski definition) is 5. The average Bonchev–Trinajstić information content (AvgIpc) is 3.05. The number of nitrogens with zero attached hydrogens (tertiary/aromatic N) is 4. The van der Waals surface area contributed by atoms with Gasteiger partial charge in [0.25, 0.3) is 0 Å². The summed E-state index contributed by atoms with van der Waals surface area (Å²) in [4.78, 5) is 9.72. The van der Waals surface area contributed by atoms with Crippen LogP contribution >= 0.6 is 0 Å². The number of pyridine rings is 1. The molecule has 2 aromatic heterocycles. The quantitative estimate of drug-likeness (QED) is 0.273. The van der Waals surface area contributed by atoms with E-state index < -0.39 is 0 Å². The van der Waals surface area contributed by atoms with Gasteiger partial charge in [0.2, 0.25) is 0 Å². The maximum absolute atomic E-state index is 5.99. The molecule has 0 fully saturated rings. The van der Waals surface area contributed by atoms with Crippen LogP contribution in [0.3, 0.4) is 0 Å². The molecule has 29 heavy (non-hydrogen) atoms. The van der Waals surface area contributed by atoms with E-state index in [4.69, 9.17) is 15.3 Å². The minimum absolute atomic E-state index is 0.285. The van der Waals surface area contributed by atoms with E-state index in [-0.39, 0.29) is 5.84 Å². The van der Waals surface area contributed by atoms with Gasteiger partial charge in [0.05, 0.1) is 12.3 Å². The minimum atomic E-state index is 0.285. The van der Waals surface area contributed by atoms with Crippen LogP contribution in [-0.4, -0.2) is 33.8 Å². The Morgan fingerprint density at radius 1 is 1.03 bits per heavy atom. The third-order valence-electron chi connectivity index (χ3n) is 4.56. The van der Waals surface area contributed by atoms with Crippen LogP contribution in [-0.2, 0) is 4.84 Å². The second-order valence-corrected chi connectivity index (χ2v) is 7.00. The lowest BCUT2D eigenvalue weighted by Crippen LogP contribution is -2.15. The lowest BCUT2D eigenvalue weighted by molar-refractivity contribution is 0.127. The fourth-order valence-corrected chi connectivity index (χ4v) is 2.81. The molecule has 0 atom stereocenters. The predicted octanol–water partition coefficient (Wildman–Crippen LogP) is 3.61. The summed E-state index contributed by atoms with van der Waals surface area (Å²) in [5.41, 5.74) is 11.1. The Morgan fingerprint density at radius 3 is 2.52 bits per heavy atom. The molecule has 0 saturated carbocycles. The van der Waals surface area contributed by atoms with Crippen molar-refractivity contribution in [1.29, 1.82) is 0 Å². The number of benzene rings is 1. The van der Waals surface area contributed by atoms with Gasteiger partial charge in [0.1, 0.15) is 12.4 Å². The molecule has 0 radical (unpaired) electrons. The smallest absolute Gasteiger partial charge is 0.171 e. The molecule has 1 aromatic carbocycles. The zero-order valence-corrected chi connectivity index (χ0v) is 17.3. The van der Waals surface area contributed by atoms with Gasteiger partial charge in [-0.25, -0.2) is 9.67 Å². The number of ether oxygens (including phenoxy) is 1. The summed E-state index contributed by atoms with van der Waals surface area (Å²) in [5.74, 6) is 1.88. The first-order valence-electron chi connectivity index (χ1n) is 9.59. The number of nitrogens with two attached hydrogens (primary N) is 1. The monoisotopic (exact) mass is 393 g/mol. The third kappa shape index (κ3) is 5.34. The van der Waals surface area contributed by atoms with E-state index >= 15 is 0 Å². The number of aryl methyl sites for hydroxylation is 4. The van der Waals surface area contributed by atoms with Crippen molar-refractivity contribution in [2.75, 3.05) is 13.2 Å². The standard InChI is InChI=1S/C22H27N5O2/c1-15-6-8-20(12-16(15)2)28-10-5-11-29-26-22(23)19-7-9-21(24-14-19)27-18(4)13-17(3)25-27/h6-9,12-14H,5,10-11H2,1-4H3,(H2,23,26). The fraction of sp³-hybridized carbons (Fsp3) is 0.318. The Hall–Kier alpha value is -3.35. The number of hydrogen-bond donors (Lipinski definition) is 1. The molecule has 2 N–H and O–H groups in total. The molecule has 0 unspecified atom stereocenters. The van der Waals surface area contributed by atoms with E-state index in [1.54, 1.807) is 10.9 Å². The van der Waals surface area contributed by atoms with Gasteiger partial charge in [-0.1, -0.05) is 11.2 Å². The van der Waals surface area contributed by atoms with E-state index in [2.05, 4.69) is 35.2 Å². The van der Waals surface area contributed by atoms with Gasteiger partial charge >= 0.3 is 0 Å². The largest absolute Gasteiger partial charge is 0.493 e. The van der Waals surface area contributed by atoms with Crippen molar-refractivity contribution in [1.82, 2.24) is 14.8 Å². The highest BCUT2D eigenvalue weighted by atomic mass is 16.6. The summed E-state index contributed by atoms with van der Waals surface area (Å²) >= 11 is 0. The number of rotatable bonds is 8. The molecule has 0 aliphatic rings. The summed E-state index contributed by atoms with van der Waals surface area (Å²) in [6.07, 6.45) is 2.37. The third-order valence-corrected chi connectivity index (χ3v) is 4.56. The molecule has 152 valence electrons. The zero-order chi connectivity index (χ0) is 20.8. The Kier molecular flexibility index (Phi) is 6.49. The molecule has 0 bridgehead atoms. The summed E-state index contributed by atoms with van der Waals surface area (Å²) in [5, 5.41) is 8.39. The molecule has 3 rings (SSSR count). The molecule has 7 nitrogen and oxygen atoms in total. The van der Waals surface area contributed by atoms with Gasteiger partial charge in [-0.3, -0.25) is 0 Å². The number of amidine groups is 1. The SMILES string of the molecule is Cc1cc(C)n(-c2ccc(/C(N)=N/OCCCOc3ccc(C)c(C)c3)cn2)n1. The summed E-state index contributed by atoms with van der Waals surface area (Å²) < 4.78 is 7.51. The van der Waals surface area contributed by atoms with Gasteiger partial charge in [0, 0.05) is 23.9 Å². The summed E-state index contributed by atoms with van der Waals surface area (Å²) in [6.45, 7) is 9.06. The van der Waals surface area contributed by atoms with E-state index in [0.717, 1.165) is 23.0 Å².